The van der Waals surface area contributed by atoms with Gasteiger partial charge in [-0.05, 0) is 23.6 Å². The van der Waals surface area contributed by atoms with Crippen molar-refractivity contribution in [1.82, 2.24) is 0 Å². The molecule has 0 saturated heterocycles. The van der Waals surface area contributed by atoms with Crippen molar-refractivity contribution in [3.8, 4) is 0 Å². The van der Waals surface area contributed by atoms with Gasteiger partial charge in [0, 0.05) is 12.2 Å². The maximum atomic E-state index is 5.67. The molecule has 2 aromatic rings. The van der Waals surface area contributed by atoms with Crippen molar-refractivity contribution in [2.75, 3.05) is 11.4 Å². The average Bonchev–Trinajstić information content (AvgIpc) is 2.83. The molecule has 1 unspecified atom stereocenters. The molecule has 0 N–H and O–H groups in total. The lowest BCUT2D eigenvalue weighted by Crippen LogP contribution is -2.22. The van der Waals surface area contributed by atoms with Crippen molar-refractivity contribution in [2.24, 2.45) is 0 Å². The minimum atomic E-state index is 0.0415. The van der Waals surface area contributed by atoms with Crippen LogP contribution in [0.1, 0.15) is 16.5 Å². The van der Waals surface area contributed by atoms with Crippen LogP contribution in [0, 0.1) is 0 Å². The predicted octanol–water partition coefficient (Wildman–Crippen LogP) is 3.95. The molecule has 1 heterocycles. The van der Waals surface area contributed by atoms with Gasteiger partial charge >= 0.3 is 0 Å². The van der Waals surface area contributed by atoms with E-state index in [9.17, 15) is 0 Å². The van der Waals surface area contributed by atoms with E-state index < -0.39 is 0 Å². The number of rotatable bonds is 2. The van der Waals surface area contributed by atoms with Crippen LogP contribution in [0.4, 0.5) is 5.69 Å². The van der Waals surface area contributed by atoms with Crippen LogP contribution in [0.15, 0.2) is 54.6 Å². The van der Waals surface area contributed by atoms with Gasteiger partial charge in [0.25, 0.3) is 0 Å². The molecule has 3 rings (SSSR count). The quantitative estimate of drug-likeness (QED) is 0.768. The molecule has 0 aromatic heterocycles. The number of hydrogen-bond acceptors (Lipinski definition) is 1. The summed E-state index contributed by atoms with van der Waals surface area (Å²) in [5.74, 6) is 0. The third kappa shape index (κ3) is 1.93. The molecule has 1 radical (unpaired) electrons. The molecular weight excluding hydrogens is 226 g/mol. The number of para-hydroxylation sites is 1. The summed E-state index contributed by atoms with van der Waals surface area (Å²) in [5, 5.41) is 0.0415. The Bertz CT molecular complexity index is 509. The Kier molecular flexibility index (Phi) is 2.81. The summed E-state index contributed by atoms with van der Waals surface area (Å²) in [5.41, 5.74) is 3.92. The molecular formula is C15H14NS. The second-order valence-electron chi connectivity index (χ2n) is 4.34. The van der Waals surface area contributed by atoms with Gasteiger partial charge in [0.15, 0.2) is 0 Å². The first-order chi connectivity index (χ1) is 8.36. The van der Waals surface area contributed by atoms with E-state index in [0.717, 1.165) is 13.0 Å². The van der Waals surface area contributed by atoms with Gasteiger partial charge in [0.2, 0.25) is 0 Å². The summed E-state index contributed by atoms with van der Waals surface area (Å²) < 4.78 is 0. The van der Waals surface area contributed by atoms with Gasteiger partial charge in [-0.15, -0.1) is 0 Å². The third-order valence-electron chi connectivity index (χ3n) is 3.29. The zero-order chi connectivity index (χ0) is 11.7. The van der Waals surface area contributed by atoms with Gasteiger partial charge in [-0.3, -0.25) is 0 Å². The van der Waals surface area contributed by atoms with E-state index in [4.69, 9.17) is 12.6 Å². The van der Waals surface area contributed by atoms with Gasteiger partial charge in [0.05, 0.1) is 0 Å². The molecule has 1 atom stereocenters. The SMILES string of the molecule is [S]C(c1ccccc1)N1CCc2ccccc21. The largest absolute Gasteiger partial charge is 0.354 e. The standard InChI is InChI=1S/C15H14NS/c17-15(13-7-2-1-3-8-13)16-11-10-12-6-4-5-9-14(12)16/h1-9,15H,10-11H2. The highest BCUT2D eigenvalue weighted by Crippen LogP contribution is 2.36. The normalized spacial score (nSPS) is 15.7. The minimum absolute atomic E-state index is 0.0415. The number of fused-ring (bicyclic) bond motifs is 1. The summed E-state index contributed by atoms with van der Waals surface area (Å²) >= 11 is 5.67. The number of anilines is 1. The Morgan fingerprint density at radius 3 is 2.47 bits per heavy atom. The van der Waals surface area contributed by atoms with Gasteiger partial charge < -0.3 is 4.90 Å². The fourth-order valence-corrected chi connectivity index (χ4v) is 2.78. The molecule has 0 aliphatic carbocycles. The van der Waals surface area contributed by atoms with Gasteiger partial charge in [-0.1, -0.05) is 61.2 Å². The van der Waals surface area contributed by atoms with Crippen molar-refractivity contribution in [3.05, 3.63) is 65.7 Å². The molecule has 17 heavy (non-hydrogen) atoms. The van der Waals surface area contributed by atoms with Gasteiger partial charge in [-0.25, -0.2) is 0 Å². The zero-order valence-electron chi connectivity index (χ0n) is 9.54. The summed E-state index contributed by atoms with van der Waals surface area (Å²) in [7, 11) is 0. The summed E-state index contributed by atoms with van der Waals surface area (Å²) in [6.45, 7) is 1.03. The molecule has 85 valence electrons. The lowest BCUT2D eigenvalue weighted by Gasteiger charge is -2.26. The van der Waals surface area contributed by atoms with Crippen molar-refractivity contribution < 1.29 is 0 Å². The fraction of sp³-hybridized carbons (Fsp3) is 0.200. The smallest absolute Gasteiger partial charge is 0.111 e. The van der Waals surface area contributed by atoms with E-state index in [0.29, 0.717) is 0 Å². The van der Waals surface area contributed by atoms with Crippen LogP contribution in [0.5, 0.6) is 0 Å². The topological polar surface area (TPSA) is 3.24 Å². The highest BCUT2D eigenvalue weighted by molar-refractivity contribution is 7.80. The Labute approximate surface area is 107 Å². The van der Waals surface area contributed by atoms with E-state index in [2.05, 4.69) is 53.4 Å². The zero-order valence-corrected chi connectivity index (χ0v) is 10.4. The monoisotopic (exact) mass is 240 g/mol. The Morgan fingerprint density at radius 2 is 1.65 bits per heavy atom. The third-order valence-corrected chi connectivity index (χ3v) is 3.82. The fourth-order valence-electron chi connectivity index (χ4n) is 2.40. The van der Waals surface area contributed by atoms with Crippen molar-refractivity contribution in [1.29, 1.82) is 0 Å². The van der Waals surface area contributed by atoms with E-state index >= 15 is 0 Å². The van der Waals surface area contributed by atoms with Gasteiger partial charge in [-0.2, -0.15) is 0 Å². The molecule has 2 heteroatoms. The Balaban J connectivity index is 1.92. The first-order valence-corrected chi connectivity index (χ1v) is 6.39. The molecule has 0 spiro atoms. The lowest BCUT2D eigenvalue weighted by atomic mass is 10.1. The first kappa shape index (κ1) is 10.7. The molecule has 2 aromatic carbocycles. The first-order valence-electron chi connectivity index (χ1n) is 5.91. The maximum Gasteiger partial charge on any atom is 0.111 e. The number of nitrogens with zero attached hydrogens (tertiary/aromatic N) is 1. The highest BCUT2D eigenvalue weighted by atomic mass is 32.1. The maximum absolute atomic E-state index is 5.67. The second-order valence-corrected chi connectivity index (χ2v) is 4.78. The van der Waals surface area contributed by atoms with E-state index in [-0.39, 0.29) is 5.37 Å². The van der Waals surface area contributed by atoms with E-state index in [1.54, 1.807) is 0 Å². The highest BCUT2D eigenvalue weighted by Gasteiger charge is 2.24. The average molecular weight is 240 g/mol. The van der Waals surface area contributed by atoms with Crippen molar-refractivity contribution in [3.63, 3.8) is 0 Å². The van der Waals surface area contributed by atoms with Crippen molar-refractivity contribution in [2.45, 2.75) is 11.8 Å². The lowest BCUT2D eigenvalue weighted by molar-refractivity contribution is 0.823. The van der Waals surface area contributed by atoms with Crippen LogP contribution in [0.3, 0.4) is 0 Å². The molecule has 0 saturated carbocycles. The van der Waals surface area contributed by atoms with Crippen LogP contribution < -0.4 is 4.90 Å². The van der Waals surface area contributed by atoms with Gasteiger partial charge in [0.1, 0.15) is 5.37 Å². The molecule has 1 aliphatic heterocycles. The van der Waals surface area contributed by atoms with Crippen LogP contribution in [-0.2, 0) is 6.42 Å². The predicted molar refractivity (Wildman–Crippen MR) is 74.3 cm³/mol. The second kappa shape index (κ2) is 4.46. The summed E-state index contributed by atoms with van der Waals surface area (Å²) in [6.07, 6.45) is 1.11. The van der Waals surface area contributed by atoms with Crippen LogP contribution in [-0.4, -0.2) is 6.54 Å². The Morgan fingerprint density at radius 1 is 0.941 bits per heavy atom. The van der Waals surface area contributed by atoms with Crippen LogP contribution >= 0.6 is 12.6 Å². The van der Waals surface area contributed by atoms with Crippen molar-refractivity contribution >= 4 is 18.3 Å². The summed E-state index contributed by atoms with van der Waals surface area (Å²) in [6, 6.07) is 18.9. The molecule has 1 aliphatic rings. The van der Waals surface area contributed by atoms with E-state index in [1.165, 1.54) is 16.8 Å². The van der Waals surface area contributed by atoms with Crippen LogP contribution in [0.2, 0.25) is 0 Å². The number of hydrogen-bond donors (Lipinski definition) is 0. The molecule has 0 amide bonds. The molecule has 0 bridgehead atoms. The molecule has 0 fully saturated rings. The summed E-state index contributed by atoms with van der Waals surface area (Å²) in [4.78, 5) is 2.32. The number of benzene rings is 2. The molecule has 1 nitrogen and oxygen atoms in total. The van der Waals surface area contributed by atoms with Crippen LogP contribution in [0.25, 0.3) is 0 Å². The minimum Gasteiger partial charge on any atom is -0.354 e. The van der Waals surface area contributed by atoms with E-state index in [1.807, 2.05) is 6.07 Å². The Hall–Kier alpha value is -1.41.